The van der Waals surface area contributed by atoms with Crippen LogP contribution in [0.1, 0.15) is 24.2 Å². The SMILES string of the molecule is CC(C)COC(=O)N1CCN(CC(=O)Nc2ccccc2C(=O)Nc2ccc3c(c2)OCO3)CC1. The molecule has 10 heteroatoms. The van der Waals surface area contributed by atoms with Crippen LogP contribution in [0.3, 0.4) is 0 Å². The van der Waals surface area contributed by atoms with Crippen LogP contribution in [0.15, 0.2) is 42.5 Å². The summed E-state index contributed by atoms with van der Waals surface area (Å²) in [6, 6.07) is 12.0. The predicted molar refractivity (Wildman–Crippen MR) is 130 cm³/mol. The standard InChI is InChI=1S/C25H30N4O6/c1-17(2)15-33-25(32)29-11-9-28(10-12-29)14-23(30)27-20-6-4-3-5-19(20)24(31)26-18-7-8-21-22(13-18)35-16-34-21/h3-8,13,17H,9-12,14-16H2,1-2H3,(H,26,31)(H,27,30). The first-order valence-electron chi connectivity index (χ1n) is 11.6. The number of ether oxygens (including phenoxy) is 3. The lowest BCUT2D eigenvalue weighted by Crippen LogP contribution is -2.50. The summed E-state index contributed by atoms with van der Waals surface area (Å²) in [5.74, 6) is 0.894. The van der Waals surface area contributed by atoms with Crippen molar-refractivity contribution < 1.29 is 28.6 Å². The number of piperazine rings is 1. The van der Waals surface area contributed by atoms with E-state index in [1.54, 1.807) is 47.4 Å². The molecule has 0 atom stereocenters. The summed E-state index contributed by atoms with van der Waals surface area (Å²) >= 11 is 0. The van der Waals surface area contributed by atoms with E-state index < -0.39 is 0 Å². The van der Waals surface area contributed by atoms with Gasteiger partial charge in [-0.05, 0) is 30.2 Å². The molecule has 0 unspecified atom stereocenters. The normalized spacial score (nSPS) is 15.1. The van der Waals surface area contributed by atoms with Gasteiger partial charge in [0.05, 0.1) is 24.4 Å². The first kappa shape index (κ1) is 24.3. The summed E-state index contributed by atoms with van der Waals surface area (Å²) in [4.78, 5) is 41.4. The molecule has 0 aromatic heterocycles. The Balaban J connectivity index is 1.29. The third-order valence-corrected chi connectivity index (χ3v) is 5.61. The second-order valence-electron chi connectivity index (χ2n) is 8.85. The van der Waals surface area contributed by atoms with Gasteiger partial charge in [0.2, 0.25) is 12.7 Å². The average Bonchev–Trinajstić information content (AvgIpc) is 3.31. The summed E-state index contributed by atoms with van der Waals surface area (Å²) in [5, 5.41) is 5.67. The Kier molecular flexibility index (Phi) is 7.71. The van der Waals surface area contributed by atoms with Crippen LogP contribution in [0.5, 0.6) is 11.5 Å². The van der Waals surface area contributed by atoms with Crippen LogP contribution in [0, 0.1) is 5.92 Å². The molecule has 2 aliphatic rings. The molecule has 3 amide bonds. The van der Waals surface area contributed by atoms with Crippen molar-refractivity contribution in [2.75, 3.05) is 56.8 Å². The Labute approximate surface area is 204 Å². The molecule has 0 saturated carbocycles. The minimum absolute atomic E-state index is 0.152. The van der Waals surface area contributed by atoms with Crippen LogP contribution in [0.4, 0.5) is 16.2 Å². The molecule has 2 heterocycles. The largest absolute Gasteiger partial charge is 0.454 e. The van der Waals surface area contributed by atoms with Gasteiger partial charge in [0.15, 0.2) is 11.5 Å². The summed E-state index contributed by atoms with van der Waals surface area (Å²) in [5.41, 5.74) is 1.33. The fourth-order valence-corrected chi connectivity index (χ4v) is 3.77. The number of nitrogens with one attached hydrogen (secondary N) is 2. The van der Waals surface area contributed by atoms with Gasteiger partial charge in [0.1, 0.15) is 0 Å². The zero-order valence-electron chi connectivity index (χ0n) is 19.9. The van der Waals surface area contributed by atoms with Crippen molar-refractivity contribution in [2.24, 2.45) is 5.92 Å². The van der Waals surface area contributed by atoms with E-state index >= 15 is 0 Å². The summed E-state index contributed by atoms with van der Waals surface area (Å²) in [6.45, 7) is 6.81. The van der Waals surface area contributed by atoms with Crippen molar-refractivity contribution >= 4 is 29.3 Å². The maximum atomic E-state index is 12.9. The monoisotopic (exact) mass is 482 g/mol. The van der Waals surface area contributed by atoms with Crippen LogP contribution < -0.4 is 20.1 Å². The zero-order valence-corrected chi connectivity index (χ0v) is 19.9. The number of para-hydroxylation sites is 1. The minimum atomic E-state index is -0.353. The Hall–Kier alpha value is -3.79. The highest BCUT2D eigenvalue weighted by atomic mass is 16.7. The van der Waals surface area contributed by atoms with Gasteiger partial charge in [-0.1, -0.05) is 26.0 Å². The molecule has 4 rings (SSSR count). The van der Waals surface area contributed by atoms with Crippen molar-refractivity contribution in [3.63, 3.8) is 0 Å². The van der Waals surface area contributed by atoms with E-state index in [2.05, 4.69) is 10.6 Å². The number of nitrogens with zero attached hydrogens (tertiary/aromatic N) is 2. The van der Waals surface area contributed by atoms with E-state index in [-0.39, 0.29) is 37.2 Å². The van der Waals surface area contributed by atoms with Gasteiger partial charge in [-0.3, -0.25) is 14.5 Å². The predicted octanol–water partition coefficient (Wildman–Crippen LogP) is 3.02. The average molecular weight is 483 g/mol. The second-order valence-corrected chi connectivity index (χ2v) is 8.85. The third-order valence-electron chi connectivity index (χ3n) is 5.61. The molecule has 2 aromatic rings. The number of anilines is 2. The number of amides is 3. The maximum Gasteiger partial charge on any atom is 0.409 e. The molecular formula is C25H30N4O6. The summed E-state index contributed by atoms with van der Waals surface area (Å²) in [6.07, 6.45) is -0.315. The smallest absolute Gasteiger partial charge is 0.409 e. The molecule has 35 heavy (non-hydrogen) atoms. The molecule has 0 aliphatic carbocycles. The van der Waals surface area contributed by atoms with E-state index in [1.165, 1.54) is 0 Å². The lowest BCUT2D eigenvalue weighted by atomic mass is 10.1. The number of rotatable bonds is 7. The van der Waals surface area contributed by atoms with Gasteiger partial charge < -0.3 is 29.7 Å². The van der Waals surface area contributed by atoms with Crippen molar-refractivity contribution in [1.29, 1.82) is 0 Å². The second kappa shape index (κ2) is 11.1. The highest BCUT2D eigenvalue weighted by Crippen LogP contribution is 2.34. The van der Waals surface area contributed by atoms with E-state index in [4.69, 9.17) is 14.2 Å². The van der Waals surface area contributed by atoms with Crippen LogP contribution in [0.2, 0.25) is 0 Å². The summed E-state index contributed by atoms with van der Waals surface area (Å²) in [7, 11) is 0. The highest BCUT2D eigenvalue weighted by molar-refractivity contribution is 6.10. The first-order valence-corrected chi connectivity index (χ1v) is 11.6. The minimum Gasteiger partial charge on any atom is -0.454 e. The molecule has 1 saturated heterocycles. The molecule has 0 bridgehead atoms. The van der Waals surface area contributed by atoms with Gasteiger partial charge in [-0.15, -0.1) is 0 Å². The van der Waals surface area contributed by atoms with Gasteiger partial charge >= 0.3 is 6.09 Å². The fraction of sp³-hybridized carbons (Fsp3) is 0.400. The number of fused-ring (bicyclic) bond motifs is 1. The molecule has 10 nitrogen and oxygen atoms in total. The maximum absolute atomic E-state index is 12.9. The van der Waals surface area contributed by atoms with Crippen molar-refractivity contribution in [1.82, 2.24) is 9.80 Å². The van der Waals surface area contributed by atoms with Crippen LogP contribution in [-0.4, -0.2) is 73.8 Å². The Morgan fingerprint density at radius 1 is 0.971 bits per heavy atom. The van der Waals surface area contributed by atoms with E-state index in [9.17, 15) is 14.4 Å². The van der Waals surface area contributed by atoms with Gasteiger partial charge in [-0.2, -0.15) is 0 Å². The molecule has 1 fully saturated rings. The molecule has 186 valence electrons. The molecule has 2 aliphatic heterocycles. The van der Waals surface area contributed by atoms with Gasteiger partial charge in [0.25, 0.3) is 5.91 Å². The quantitative estimate of drug-likeness (QED) is 0.624. The molecule has 0 spiro atoms. The first-order chi connectivity index (χ1) is 16.9. The van der Waals surface area contributed by atoms with Gasteiger partial charge in [-0.25, -0.2) is 4.79 Å². The van der Waals surface area contributed by atoms with Crippen molar-refractivity contribution in [3.05, 3.63) is 48.0 Å². The van der Waals surface area contributed by atoms with Crippen molar-refractivity contribution in [3.8, 4) is 11.5 Å². The molecule has 2 N–H and O–H groups in total. The lowest BCUT2D eigenvalue weighted by molar-refractivity contribution is -0.117. The molecular weight excluding hydrogens is 452 g/mol. The summed E-state index contributed by atoms with van der Waals surface area (Å²) < 4.78 is 15.9. The zero-order chi connectivity index (χ0) is 24.8. The van der Waals surface area contributed by atoms with Crippen LogP contribution in [-0.2, 0) is 9.53 Å². The number of carbonyl (C=O) groups excluding carboxylic acids is 3. The van der Waals surface area contributed by atoms with Crippen LogP contribution >= 0.6 is 0 Å². The topological polar surface area (TPSA) is 109 Å². The van der Waals surface area contributed by atoms with E-state index in [1.807, 2.05) is 18.7 Å². The molecule has 0 radical (unpaired) electrons. The van der Waals surface area contributed by atoms with E-state index in [0.29, 0.717) is 61.2 Å². The number of carbonyl (C=O) groups is 3. The van der Waals surface area contributed by atoms with Crippen LogP contribution in [0.25, 0.3) is 0 Å². The number of benzene rings is 2. The Morgan fingerprint density at radius 3 is 2.49 bits per heavy atom. The Morgan fingerprint density at radius 2 is 1.71 bits per heavy atom. The number of hydrogen-bond acceptors (Lipinski definition) is 7. The fourth-order valence-electron chi connectivity index (χ4n) is 3.77. The lowest BCUT2D eigenvalue weighted by Gasteiger charge is -2.33. The Bertz CT molecular complexity index is 1080. The van der Waals surface area contributed by atoms with Crippen molar-refractivity contribution in [2.45, 2.75) is 13.8 Å². The number of hydrogen-bond donors (Lipinski definition) is 2. The molecule has 2 aromatic carbocycles. The third kappa shape index (κ3) is 6.42. The van der Waals surface area contributed by atoms with Gasteiger partial charge in [0, 0.05) is 37.9 Å². The highest BCUT2D eigenvalue weighted by Gasteiger charge is 2.24. The van der Waals surface area contributed by atoms with E-state index in [0.717, 1.165) is 0 Å².